The molecular weight excluding hydrogens is 263 g/mol. The fourth-order valence-corrected chi connectivity index (χ4v) is 1.44. The molecule has 1 rings (SSSR count). The monoisotopic (exact) mass is 275 g/mol. The number of hydrogen-bond acceptors (Lipinski definition) is 6. The van der Waals surface area contributed by atoms with Crippen LogP contribution in [-0.2, 0) is 4.79 Å². The Hall–Kier alpha value is -2.36. The van der Waals surface area contributed by atoms with Gasteiger partial charge in [-0.05, 0) is 13.0 Å². The quantitative estimate of drug-likeness (QED) is 0.393. The largest absolute Gasteiger partial charge is 0.368 e. The zero-order chi connectivity index (χ0) is 15.7. The van der Waals surface area contributed by atoms with E-state index in [9.17, 15) is 29.4 Å². The van der Waals surface area contributed by atoms with Gasteiger partial charge in [0.2, 0.25) is 5.91 Å². The number of allylic oxidation sites excluding steroid dienone is 1. The lowest BCUT2D eigenvalue weighted by Gasteiger charge is -2.28. The van der Waals surface area contributed by atoms with Crippen LogP contribution in [-0.4, -0.2) is 33.6 Å². The lowest BCUT2D eigenvalue weighted by atomic mass is 9.98. The van der Waals surface area contributed by atoms with Crippen LogP contribution >= 0.6 is 0 Å². The van der Waals surface area contributed by atoms with Gasteiger partial charge >= 0.3 is 0 Å². The van der Waals surface area contributed by atoms with Gasteiger partial charge in [-0.1, -0.05) is 0 Å². The molecule has 10 heteroatoms. The number of alkyl halides is 1. The first-order chi connectivity index (χ1) is 9.08. The highest BCUT2D eigenvalue weighted by Crippen LogP contribution is 2.26. The SMILES string of the molecule is [2H]C1=CC(F)(N[C@@H](C)C(N)=O)C([N+](=O)[O-])C=C1[N+](=O)[O-]. The van der Waals surface area contributed by atoms with Crippen molar-refractivity contribution in [3.63, 3.8) is 0 Å². The number of nitro groups is 2. The predicted molar refractivity (Wildman–Crippen MR) is 60.6 cm³/mol. The van der Waals surface area contributed by atoms with E-state index in [1.165, 1.54) is 6.92 Å². The Morgan fingerprint density at radius 2 is 2.26 bits per heavy atom. The minimum Gasteiger partial charge on any atom is -0.368 e. The van der Waals surface area contributed by atoms with Crippen LogP contribution in [0.2, 0.25) is 0 Å². The van der Waals surface area contributed by atoms with Crippen molar-refractivity contribution in [3.05, 3.63) is 44.1 Å². The summed E-state index contributed by atoms with van der Waals surface area (Å²) in [7, 11) is 0. The maximum Gasteiger partial charge on any atom is 0.288 e. The molecule has 0 fully saturated rings. The number of nitrogens with two attached hydrogens (primary N) is 1. The van der Waals surface area contributed by atoms with Gasteiger partial charge in [0, 0.05) is 11.0 Å². The number of nitrogens with zero attached hydrogens (tertiary/aromatic N) is 2. The number of primary amides is 1. The summed E-state index contributed by atoms with van der Waals surface area (Å²) in [5.74, 6) is -3.89. The van der Waals surface area contributed by atoms with E-state index in [1.54, 1.807) is 0 Å². The average molecular weight is 275 g/mol. The summed E-state index contributed by atoms with van der Waals surface area (Å²) in [5.41, 5.74) is 4.03. The van der Waals surface area contributed by atoms with E-state index in [0.717, 1.165) is 0 Å². The standard InChI is InChI=1S/C9H11FN4O5/c1-5(8(11)15)12-9(10)3-2-6(13(16)17)4-7(9)14(18)19/h2-5,7,12H,1H3,(H2,11,15)/t5-,7?,9?/m0/s1/i2D. The molecule has 0 bridgehead atoms. The summed E-state index contributed by atoms with van der Waals surface area (Å²) < 4.78 is 21.9. The summed E-state index contributed by atoms with van der Waals surface area (Å²) in [4.78, 5) is 30.2. The summed E-state index contributed by atoms with van der Waals surface area (Å²) in [5, 5.41) is 23.4. The number of carbonyl (C=O) groups excluding carboxylic acids is 1. The molecule has 0 heterocycles. The van der Waals surface area contributed by atoms with E-state index in [-0.39, 0.29) is 0 Å². The van der Waals surface area contributed by atoms with E-state index in [4.69, 9.17) is 7.10 Å². The van der Waals surface area contributed by atoms with Crippen LogP contribution in [0.4, 0.5) is 4.39 Å². The molecule has 2 unspecified atom stereocenters. The molecule has 0 aromatic carbocycles. The molecule has 0 aromatic heterocycles. The Labute approximate surface area is 107 Å². The lowest BCUT2D eigenvalue weighted by Crippen LogP contribution is -2.58. The van der Waals surface area contributed by atoms with Crippen molar-refractivity contribution >= 4 is 5.91 Å². The van der Waals surface area contributed by atoms with Crippen LogP contribution < -0.4 is 11.1 Å². The van der Waals surface area contributed by atoms with Gasteiger partial charge in [-0.25, -0.2) is 4.39 Å². The molecule has 19 heavy (non-hydrogen) atoms. The maximum atomic E-state index is 14.6. The van der Waals surface area contributed by atoms with E-state index in [2.05, 4.69) is 0 Å². The third-order valence-corrected chi connectivity index (χ3v) is 2.46. The predicted octanol–water partition coefficient (Wildman–Crippen LogP) is -0.509. The van der Waals surface area contributed by atoms with E-state index < -0.39 is 45.4 Å². The van der Waals surface area contributed by atoms with Crippen LogP contribution in [0, 0.1) is 20.2 Å². The van der Waals surface area contributed by atoms with Crippen molar-refractivity contribution in [3.8, 4) is 0 Å². The van der Waals surface area contributed by atoms with Gasteiger partial charge in [-0.15, -0.1) is 0 Å². The highest BCUT2D eigenvalue weighted by atomic mass is 19.1. The van der Waals surface area contributed by atoms with Crippen LogP contribution in [0.15, 0.2) is 23.9 Å². The van der Waals surface area contributed by atoms with Gasteiger partial charge in [0.1, 0.15) is 0 Å². The summed E-state index contributed by atoms with van der Waals surface area (Å²) in [6.07, 6.45) is 0.807. The zero-order valence-corrected chi connectivity index (χ0v) is 9.70. The molecule has 0 saturated heterocycles. The van der Waals surface area contributed by atoms with Gasteiger partial charge in [-0.3, -0.25) is 30.3 Å². The van der Waals surface area contributed by atoms with Crippen LogP contribution in [0.3, 0.4) is 0 Å². The van der Waals surface area contributed by atoms with Crippen molar-refractivity contribution in [2.24, 2.45) is 5.73 Å². The smallest absolute Gasteiger partial charge is 0.288 e. The van der Waals surface area contributed by atoms with Crippen molar-refractivity contribution in [2.75, 3.05) is 0 Å². The number of amides is 1. The van der Waals surface area contributed by atoms with E-state index >= 15 is 0 Å². The van der Waals surface area contributed by atoms with Gasteiger partial charge in [0.15, 0.2) is 0 Å². The molecule has 1 aliphatic rings. The number of nitrogens with one attached hydrogen (secondary N) is 1. The number of carbonyl (C=O) groups is 1. The first-order valence-corrected chi connectivity index (χ1v) is 5.04. The third kappa shape index (κ3) is 3.10. The fourth-order valence-electron chi connectivity index (χ4n) is 1.44. The van der Waals surface area contributed by atoms with Gasteiger partial charge < -0.3 is 5.73 Å². The zero-order valence-electron chi connectivity index (χ0n) is 10.7. The van der Waals surface area contributed by atoms with Gasteiger partial charge in [-0.2, -0.15) is 0 Å². The third-order valence-electron chi connectivity index (χ3n) is 2.46. The molecule has 3 N–H and O–H groups in total. The fraction of sp³-hybridized carbons (Fsp3) is 0.444. The Morgan fingerprint density at radius 3 is 2.68 bits per heavy atom. The van der Waals surface area contributed by atoms with Crippen LogP contribution in [0.1, 0.15) is 8.29 Å². The summed E-state index contributed by atoms with van der Waals surface area (Å²) in [6, 6.07) is -4.25. The first-order valence-electron chi connectivity index (χ1n) is 5.54. The van der Waals surface area contributed by atoms with Crippen molar-refractivity contribution in [1.29, 1.82) is 0 Å². The van der Waals surface area contributed by atoms with Crippen LogP contribution in [0.25, 0.3) is 0 Å². The van der Waals surface area contributed by atoms with Gasteiger partial charge in [0.05, 0.1) is 18.4 Å². The highest BCUT2D eigenvalue weighted by Gasteiger charge is 2.49. The lowest BCUT2D eigenvalue weighted by molar-refractivity contribution is -0.529. The number of halogens is 1. The second kappa shape index (κ2) is 5.10. The topological polar surface area (TPSA) is 141 Å². The number of hydrogen-bond donors (Lipinski definition) is 2. The average Bonchev–Trinajstić information content (AvgIpc) is 2.26. The minimum absolute atomic E-state index is 0.387. The molecule has 0 saturated carbocycles. The molecule has 1 aliphatic carbocycles. The van der Waals surface area contributed by atoms with E-state index in [0.29, 0.717) is 12.2 Å². The second-order valence-electron chi connectivity index (χ2n) is 3.86. The first kappa shape index (κ1) is 13.1. The van der Waals surface area contributed by atoms with E-state index in [1.807, 2.05) is 5.32 Å². The Balaban J connectivity index is 3.22. The molecule has 0 aliphatic heterocycles. The molecular formula is C9H11FN4O5. The molecule has 0 spiro atoms. The minimum atomic E-state index is -2.92. The highest BCUT2D eigenvalue weighted by molar-refractivity contribution is 5.79. The Morgan fingerprint density at radius 1 is 1.68 bits per heavy atom. The molecule has 104 valence electrons. The second-order valence-corrected chi connectivity index (χ2v) is 3.86. The molecule has 3 atom stereocenters. The summed E-state index contributed by atoms with van der Waals surface area (Å²) in [6.45, 7) is 1.17. The molecule has 9 nitrogen and oxygen atoms in total. The van der Waals surface area contributed by atoms with Crippen molar-refractivity contribution < 1.29 is 20.4 Å². The molecule has 1 amide bonds. The van der Waals surface area contributed by atoms with Crippen LogP contribution in [0.5, 0.6) is 0 Å². The Bertz CT molecular complexity index is 536. The Kier molecular flexibility index (Phi) is 3.51. The van der Waals surface area contributed by atoms with Crippen molar-refractivity contribution in [1.82, 2.24) is 5.32 Å². The summed E-state index contributed by atoms with van der Waals surface area (Å²) >= 11 is 0. The van der Waals surface area contributed by atoms with Crippen molar-refractivity contribution in [2.45, 2.75) is 24.8 Å². The molecule has 0 radical (unpaired) electrons. The molecule has 0 aromatic rings. The van der Waals surface area contributed by atoms with Gasteiger partial charge in [0.25, 0.3) is 17.5 Å². The maximum absolute atomic E-state index is 14.6. The number of rotatable bonds is 5. The normalized spacial score (nSPS) is 28.7.